The third-order valence-corrected chi connectivity index (χ3v) is 3.95. The van der Waals surface area contributed by atoms with Crippen LogP contribution in [-0.2, 0) is 5.54 Å². The van der Waals surface area contributed by atoms with E-state index in [-0.39, 0.29) is 19.2 Å². The van der Waals surface area contributed by atoms with Crippen LogP contribution >= 0.6 is 12.4 Å². The van der Waals surface area contributed by atoms with Gasteiger partial charge in [-0.1, -0.05) is 11.2 Å². The molecular formula is C15H16ClN3O3. The Bertz CT molecular complexity index is 710. The molecule has 6 nitrogen and oxygen atoms in total. The Morgan fingerprint density at radius 1 is 1.14 bits per heavy atom. The van der Waals surface area contributed by atoms with Crippen molar-refractivity contribution in [1.82, 2.24) is 10.1 Å². The maximum atomic E-state index is 6.17. The second-order valence-corrected chi connectivity index (χ2v) is 5.41. The molecule has 2 N–H and O–H groups in total. The van der Waals surface area contributed by atoms with Crippen molar-refractivity contribution in [3.63, 3.8) is 0 Å². The zero-order valence-corrected chi connectivity index (χ0v) is 12.6. The van der Waals surface area contributed by atoms with Crippen molar-refractivity contribution in [2.45, 2.75) is 24.8 Å². The largest absolute Gasteiger partial charge is 0.454 e. The first-order valence-electron chi connectivity index (χ1n) is 6.94. The number of nitrogens with zero attached hydrogens (tertiary/aromatic N) is 2. The molecule has 0 bridgehead atoms. The van der Waals surface area contributed by atoms with E-state index >= 15 is 0 Å². The van der Waals surface area contributed by atoms with Crippen LogP contribution in [0.4, 0.5) is 0 Å². The van der Waals surface area contributed by atoms with Crippen LogP contribution in [-0.4, -0.2) is 16.9 Å². The first kappa shape index (κ1) is 14.9. The molecule has 7 heteroatoms. The van der Waals surface area contributed by atoms with Crippen LogP contribution in [0.25, 0.3) is 12.2 Å². The van der Waals surface area contributed by atoms with E-state index in [2.05, 4.69) is 10.1 Å². The number of benzene rings is 1. The van der Waals surface area contributed by atoms with Crippen LogP contribution in [0.1, 0.15) is 36.5 Å². The predicted molar refractivity (Wildman–Crippen MR) is 82.8 cm³/mol. The first-order valence-corrected chi connectivity index (χ1v) is 6.94. The van der Waals surface area contributed by atoms with Crippen LogP contribution in [0.15, 0.2) is 22.7 Å². The van der Waals surface area contributed by atoms with Crippen LogP contribution in [0, 0.1) is 0 Å². The standard InChI is InChI=1S/C15H15N3O3.ClH/c16-15(6-1-7-15)14-17-13(21-18-14)5-3-10-2-4-11-12(8-10)20-9-19-11;/h2-5,8H,1,6-7,9,16H2;1H/b5-3+;. The van der Waals surface area contributed by atoms with E-state index in [1.165, 1.54) is 0 Å². The SMILES string of the molecule is Cl.NC1(c2noc(/C=C/c3ccc4c(c3)OCO4)n2)CCC1. The van der Waals surface area contributed by atoms with Crippen LogP contribution in [0.3, 0.4) is 0 Å². The molecule has 1 aliphatic heterocycles. The maximum absolute atomic E-state index is 6.17. The minimum atomic E-state index is -0.395. The molecule has 1 saturated carbocycles. The number of aromatic nitrogens is 2. The van der Waals surface area contributed by atoms with Crippen molar-refractivity contribution < 1.29 is 14.0 Å². The highest BCUT2D eigenvalue weighted by atomic mass is 35.5. The lowest BCUT2D eigenvalue weighted by atomic mass is 9.77. The summed E-state index contributed by atoms with van der Waals surface area (Å²) >= 11 is 0. The third-order valence-electron chi connectivity index (χ3n) is 3.95. The highest BCUT2D eigenvalue weighted by Gasteiger charge is 2.38. The smallest absolute Gasteiger partial charge is 0.250 e. The normalized spacial score (nSPS) is 18.0. The lowest BCUT2D eigenvalue weighted by molar-refractivity contribution is 0.174. The minimum Gasteiger partial charge on any atom is -0.454 e. The maximum Gasteiger partial charge on any atom is 0.250 e. The van der Waals surface area contributed by atoms with Gasteiger partial charge in [0.1, 0.15) is 0 Å². The molecule has 2 aromatic rings. The second-order valence-electron chi connectivity index (χ2n) is 5.41. The van der Waals surface area contributed by atoms with E-state index in [0.717, 1.165) is 36.3 Å². The molecule has 2 aliphatic rings. The van der Waals surface area contributed by atoms with Crippen molar-refractivity contribution in [3.8, 4) is 11.5 Å². The number of fused-ring (bicyclic) bond motifs is 1. The summed E-state index contributed by atoms with van der Waals surface area (Å²) in [4.78, 5) is 4.35. The average molecular weight is 322 g/mol. The van der Waals surface area contributed by atoms with Gasteiger partial charge >= 0.3 is 0 Å². The third kappa shape index (κ3) is 2.55. The summed E-state index contributed by atoms with van der Waals surface area (Å²) in [5.74, 6) is 2.57. The summed E-state index contributed by atoms with van der Waals surface area (Å²) in [6, 6.07) is 5.73. The van der Waals surface area contributed by atoms with E-state index in [4.69, 9.17) is 19.7 Å². The van der Waals surface area contributed by atoms with Crippen molar-refractivity contribution in [2.75, 3.05) is 6.79 Å². The van der Waals surface area contributed by atoms with Gasteiger partial charge < -0.3 is 19.7 Å². The van der Waals surface area contributed by atoms with E-state index in [9.17, 15) is 0 Å². The van der Waals surface area contributed by atoms with Gasteiger partial charge in [0, 0.05) is 6.08 Å². The Morgan fingerprint density at radius 2 is 1.95 bits per heavy atom. The number of ether oxygens (including phenoxy) is 2. The zero-order chi connectivity index (χ0) is 14.3. The molecule has 4 rings (SSSR count). The summed E-state index contributed by atoms with van der Waals surface area (Å²) in [7, 11) is 0. The molecule has 1 aromatic carbocycles. The van der Waals surface area contributed by atoms with E-state index in [1.54, 1.807) is 6.08 Å². The fraction of sp³-hybridized carbons (Fsp3) is 0.333. The summed E-state index contributed by atoms with van der Waals surface area (Å²) in [5, 5.41) is 3.97. The van der Waals surface area contributed by atoms with Gasteiger partial charge in [0.05, 0.1) is 5.54 Å². The van der Waals surface area contributed by atoms with Crippen LogP contribution < -0.4 is 15.2 Å². The van der Waals surface area contributed by atoms with Gasteiger partial charge in [-0.25, -0.2) is 0 Å². The van der Waals surface area contributed by atoms with Gasteiger partial charge in [0.15, 0.2) is 17.3 Å². The monoisotopic (exact) mass is 321 g/mol. The van der Waals surface area contributed by atoms with Crippen molar-refractivity contribution in [3.05, 3.63) is 35.5 Å². The van der Waals surface area contributed by atoms with Gasteiger partial charge in [0.2, 0.25) is 6.79 Å². The van der Waals surface area contributed by atoms with Crippen molar-refractivity contribution in [2.24, 2.45) is 5.73 Å². The molecule has 0 radical (unpaired) electrons. The molecule has 0 spiro atoms. The predicted octanol–water partition coefficient (Wildman–Crippen LogP) is 2.73. The van der Waals surface area contributed by atoms with Gasteiger partial charge in [-0.2, -0.15) is 4.98 Å². The van der Waals surface area contributed by atoms with Crippen molar-refractivity contribution in [1.29, 1.82) is 0 Å². The number of hydrogen-bond acceptors (Lipinski definition) is 6. The lowest BCUT2D eigenvalue weighted by Gasteiger charge is -2.34. The molecular weight excluding hydrogens is 306 g/mol. The van der Waals surface area contributed by atoms with Gasteiger partial charge in [0.25, 0.3) is 5.89 Å². The number of halogens is 1. The number of rotatable bonds is 3. The minimum absolute atomic E-state index is 0. The molecule has 116 valence electrons. The Labute approximate surface area is 133 Å². The molecule has 0 amide bonds. The molecule has 2 heterocycles. The Balaban J connectivity index is 0.00000144. The lowest BCUT2D eigenvalue weighted by Crippen LogP contribution is -2.44. The number of nitrogens with two attached hydrogens (primary N) is 1. The molecule has 0 saturated heterocycles. The Kier molecular flexibility index (Phi) is 3.80. The topological polar surface area (TPSA) is 83.4 Å². The summed E-state index contributed by atoms with van der Waals surface area (Å²) in [5.41, 5.74) is 6.75. The summed E-state index contributed by atoms with van der Waals surface area (Å²) < 4.78 is 15.8. The van der Waals surface area contributed by atoms with Crippen LogP contribution in [0.2, 0.25) is 0 Å². The van der Waals surface area contributed by atoms with Crippen molar-refractivity contribution >= 4 is 24.6 Å². The highest BCUT2D eigenvalue weighted by molar-refractivity contribution is 5.85. The van der Waals surface area contributed by atoms with Gasteiger partial charge in [-0.15, -0.1) is 12.4 Å². The quantitative estimate of drug-likeness (QED) is 0.935. The molecule has 1 aromatic heterocycles. The average Bonchev–Trinajstić information content (AvgIpc) is 3.11. The fourth-order valence-corrected chi connectivity index (χ4v) is 2.47. The molecule has 0 atom stereocenters. The summed E-state index contributed by atoms with van der Waals surface area (Å²) in [6.07, 6.45) is 6.61. The molecule has 1 aliphatic carbocycles. The fourth-order valence-electron chi connectivity index (χ4n) is 2.47. The van der Waals surface area contributed by atoms with Crippen LogP contribution in [0.5, 0.6) is 11.5 Å². The first-order chi connectivity index (χ1) is 10.2. The highest BCUT2D eigenvalue weighted by Crippen LogP contribution is 2.37. The Hall–Kier alpha value is -2.05. The van der Waals surface area contributed by atoms with Gasteiger partial charge in [-0.3, -0.25) is 0 Å². The second kappa shape index (κ2) is 5.62. The van der Waals surface area contributed by atoms with E-state index in [1.807, 2.05) is 24.3 Å². The number of hydrogen-bond donors (Lipinski definition) is 1. The Morgan fingerprint density at radius 3 is 2.73 bits per heavy atom. The molecule has 22 heavy (non-hydrogen) atoms. The molecule has 0 unspecified atom stereocenters. The molecule has 1 fully saturated rings. The summed E-state index contributed by atoms with van der Waals surface area (Å²) in [6.45, 7) is 0.272. The van der Waals surface area contributed by atoms with E-state index in [0.29, 0.717) is 11.7 Å². The zero-order valence-electron chi connectivity index (χ0n) is 11.8. The van der Waals surface area contributed by atoms with E-state index < -0.39 is 5.54 Å². The van der Waals surface area contributed by atoms with Gasteiger partial charge in [-0.05, 0) is 43.0 Å².